The van der Waals surface area contributed by atoms with Gasteiger partial charge in [-0.2, -0.15) is 0 Å². The first-order valence-electron chi connectivity index (χ1n) is 11.3. The largest absolute Gasteiger partial charge is 0.338 e. The number of hydrogen-bond donors (Lipinski definition) is 1. The van der Waals surface area contributed by atoms with Crippen molar-refractivity contribution in [3.8, 4) is 0 Å². The highest BCUT2D eigenvalue weighted by Crippen LogP contribution is 2.50. The van der Waals surface area contributed by atoms with Crippen LogP contribution in [0.4, 0.5) is 4.79 Å². The Labute approximate surface area is 169 Å². The lowest BCUT2D eigenvalue weighted by Gasteiger charge is -2.29. The van der Waals surface area contributed by atoms with Crippen LogP contribution in [0.3, 0.4) is 0 Å². The van der Waals surface area contributed by atoms with E-state index in [9.17, 15) is 9.59 Å². The lowest BCUT2D eigenvalue weighted by Crippen LogP contribution is -2.48. The summed E-state index contributed by atoms with van der Waals surface area (Å²) in [5, 5.41) is 3.17. The van der Waals surface area contributed by atoms with Gasteiger partial charge in [-0.05, 0) is 50.4 Å². The van der Waals surface area contributed by atoms with Crippen molar-refractivity contribution in [1.29, 1.82) is 0 Å². The molecule has 4 rings (SSSR count). The molecule has 1 N–H and O–H groups in total. The molecule has 0 bridgehead atoms. The number of rotatable bonds is 4. The molecule has 2 heterocycles. The van der Waals surface area contributed by atoms with Crippen molar-refractivity contribution < 1.29 is 9.59 Å². The molecule has 0 aromatic heterocycles. The Kier molecular flexibility index (Phi) is 5.41. The fraction of sp³-hybridized carbons (Fsp3) is 0.864. The lowest BCUT2D eigenvalue weighted by molar-refractivity contribution is -0.132. The van der Waals surface area contributed by atoms with E-state index in [4.69, 9.17) is 4.99 Å². The number of nitrogens with one attached hydrogen (secondary N) is 1. The molecular formula is C22H36N4O2. The molecule has 156 valence electrons. The summed E-state index contributed by atoms with van der Waals surface area (Å²) in [5.41, 5.74) is -0.609. The average Bonchev–Trinajstić information content (AvgIpc) is 3.31. The van der Waals surface area contributed by atoms with E-state index in [-0.39, 0.29) is 17.9 Å². The molecule has 0 aromatic carbocycles. The number of carbonyl (C=O) groups is 2. The van der Waals surface area contributed by atoms with Gasteiger partial charge >= 0.3 is 6.03 Å². The predicted octanol–water partition coefficient (Wildman–Crippen LogP) is 3.27. The zero-order chi connectivity index (χ0) is 19.9. The number of fused-ring (bicyclic) bond motifs is 2. The Balaban J connectivity index is 1.39. The van der Waals surface area contributed by atoms with Crippen molar-refractivity contribution in [3.63, 3.8) is 0 Å². The standard InChI is InChI=1S/C22H36N4O2/c1-15(2)12-26-16(3)24-22(20(26)27)10-9-18-13-25(14-19(18)22)21(28)23-11-17-7-5-4-6-8-17/h15,17-19H,4-14H2,1-3H3,(H,23,28)/t18-,19+,22-/m1/s1. The molecule has 6 heteroatoms. The first-order valence-corrected chi connectivity index (χ1v) is 11.3. The van der Waals surface area contributed by atoms with Crippen molar-refractivity contribution in [3.05, 3.63) is 0 Å². The Morgan fingerprint density at radius 1 is 1.21 bits per heavy atom. The van der Waals surface area contributed by atoms with Gasteiger partial charge in [0, 0.05) is 32.1 Å². The monoisotopic (exact) mass is 388 g/mol. The van der Waals surface area contributed by atoms with Crippen molar-refractivity contribution in [2.45, 2.75) is 71.3 Å². The first-order chi connectivity index (χ1) is 13.4. The molecule has 3 fully saturated rings. The van der Waals surface area contributed by atoms with Crippen LogP contribution < -0.4 is 5.32 Å². The third-order valence-electron chi connectivity index (χ3n) is 7.42. The number of carbonyl (C=O) groups excluding carboxylic acids is 2. The summed E-state index contributed by atoms with van der Waals surface area (Å²) in [6.07, 6.45) is 8.24. The van der Waals surface area contributed by atoms with E-state index in [1.165, 1.54) is 32.1 Å². The van der Waals surface area contributed by atoms with Crippen LogP contribution in [0, 0.1) is 23.7 Å². The van der Waals surface area contributed by atoms with Crippen LogP contribution in [0.2, 0.25) is 0 Å². The molecule has 4 aliphatic rings. The van der Waals surface area contributed by atoms with Gasteiger partial charge in [-0.3, -0.25) is 14.7 Å². The SMILES string of the molecule is CC1=N[C@@]2(CC[C@@H]3CN(C(=O)NCC4CCCCC4)C[C@@H]32)C(=O)N1CC(C)C. The predicted molar refractivity (Wildman–Crippen MR) is 110 cm³/mol. The highest BCUT2D eigenvalue weighted by atomic mass is 16.2. The van der Waals surface area contributed by atoms with E-state index in [0.29, 0.717) is 24.3 Å². The molecule has 1 spiro atoms. The summed E-state index contributed by atoms with van der Waals surface area (Å²) in [7, 11) is 0. The number of likely N-dealkylation sites (tertiary alicyclic amines) is 1. The van der Waals surface area contributed by atoms with Gasteiger partial charge in [0.05, 0.1) is 0 Å². The molecule has 6 nitrogen and oxygen atoms in total. The Morgan fingerprint density at radius 3 is 2.68 bits per heavy atom. The van der Waals surface area contributed by atoms with Gasteiger partial charge in [0.1, 0.15) is 11.4 Å². The van der Waals surface area contributed by atoms with Crippen molar-refractivity contribution in [2.24, 2.45) is 28.7 Å². The van der Waals surface area contributed by atoms with Crippen LogP contribution in [0.5, 0.6) is 0 Å². The van der Waals surface area contributed by atoms with E-state index in [1.54, 1.807) is 0 Å². The smallest absolute Gasteiger partial charge is 0.317 e. The Hall–Kier alpha value is -1.59. The molecule has 2 aliphatic carbocycles. The number of aliphatic imine (C=N–C) groups is 1. The fourth-order valence-electron chi connectivity index (χ4n) is 5.96. The molecule has 0 unspecified atom stereocenters. The topological polar surface area (TPSA) is 65.0 Å². The minimum absolute atomic E-state index is 0.0558. The quantitative estimate of drug-likeness (QED) is 0.803. The van der Waals surface area contributed by atoms with Gasteiger partial charge in [0.25, 0.3) is 5.91 Å². The second-order valence-corrected chi connectivity index (χ2v) is 9.89. The van der Waals surface area contributed by atoms with E-state index >= 15 is 0 Å². The van der Waals surface area contributed by atoms with E-state index < -0.39 is 5.54 Å². The average molecular weight is 389 g/mol. The minimum atomic E-state index is -0.609. The second-order valence-electron chi connectivity index (χ2n) is 9.89. The minimum Gasteiger partial charge on any atom is -0.338 e. The Bertz CT molecular complexity index is 655. The maximum atomic E-state index is 13.3. The highest BCUT2D eigenvalue weighted by Gasteiger charge is 2.61. The molecule has 0 radical (unpaired) electrons. The van der Waals surface area contributed by atoms with Crippen LogP contribution in [0.1, 0.15) is 65.7 Å². The number of nitrogens with zero attached hydrogens (tertiary/aromatic N) is 3. The third kappa shape index (κ3) is 3.43. The number of hydrogen-bond acceptors (Lipinski definition) is 3. The summed E-state index contributed by atoms with van der Waals surface area (Å²) in [4.78, 5) is 34.8. The summed E-state index contributed by atoms with van der Waals surface area (Å²) in [6, 6.07) is 0.0558. The molecule has 2 saturated carbocycles. The maximum absolute atomic E-state index is 13.3. The molecule has 3 amide bonds. The van der Waals surface area contributed by atoms with Crippen molar-refractivity contribution >= 4 is 17.8 Å². The van der Waals surface area contributed by atoms with Crippen LogP contribution in [0.15, 0.2) is 4.99 Å². The molecule has 28 heavy (non-hydrogen) atoms. The third-order valence-corrected chi connectivity index (χ3v) is 7.42. The van der Waals surface area contributed by atoms with Gasteiger partial charge < -0.3 is 10.2 Å². The lowest BCUT2D eigenvalue weighted by atomic mass is 9.85. The number of urea groups is 1. The van der Waals surface area contributed by atoms with E-state index in [1.807, 2.05) is 16.7 Å². The summed E-state index contributed by atoms with van der Waals surface area (Å²) in [5.74, 6) is 2.68. The second kappa shape index (κ2) is 7.68. The van der Waals surface area contributed by atoms with Gasteiger partial charge in [-0.15, -0.1) is 0 Å². The fourth-order valence-corrected chi connectivity index (χ4v) is 5.96. The van der Waals surface area contributed by atoms with Gasteiger partial charge in [-0.1, -0.05) is 33.1 Å². The molecular weight excluding hydrogens is 352 g/mol. The van der Waals surface area contributed by atoms with Gasteiger partial charge in [-0.25, -0.2) is 4.79 Å². The van der Waals surface area contributed by atoms with Crippen LogP contribution >= 0.6 is 0 Å². The van der Waals surface area contributed by atoms with Crippen molar-refractivity contribution in [2.75, 3.05) is 26.2 Å². The van der Waals surface area contributed by atoms with Gasteiger partial charge in [0.2, 0.25) is 0 Å². The van der Waals surface area contributed by atoms with E-state index in [2.05, 4.69) is 19.2 Å². The maximum Gasteiger partial charge on any atom is 0.317 e. The molecule has 2 aliphatic heterocycles. The van der Waals surface area contributed by atoms with Crippen LogP contribution in [-0.2, 0) is 4.79 Å². The van der Waals surface area contributed by atoms with Crippen LogP contribution in [-0.4, -0.2) is 59.3 Å². The Morgan fingerprint density at radius 2 is 1.96 bits per heavy atom. The van der Waals surface area contributed by atoms with Crippen molar-refractivity contribution in [1.82, 2.24) is 15.1 Å². The number of amides is 3. The van der Waals surface area contributed by atoms with E-state index in [0.717, 1.165) is 38.3 Å². The molecule has 3 atom stereocenters. The molecule has 1 saturated heterocycles. The summed E-state index contributed by atoms with van der Waals surface area (Å²) < 4.78 is 0. The van der Waals surface area contributed by atoms with Crippen LogP contribution in [0.25, 0.3) is 0 Å². The molecule has 0 aromatic rings. The normalized spacial score (nSPS) is 33.1. The zero-order valence-electron chi connectivity index (χ0n) is 17.7. The first kappa shape index (κ1) is 19.7. The summed E-state index contributed by atoms with van der Waals surface area (Å²) >= 11 is 0. The summed E-state index contributed by atoms with van der Waals surface area (Å²) in [6.45, 7) is 9.21. The highest BCUT2D eigenvalue weighted by molar-refractivity contribution is 6.07. The number of amidine groups is 1. The zero-order valence-corrected chi connectivity index (χ0v) is 17.7. The van der Waals surface area contributed by atoms with Gasteiger partial charge in [0.15, 0.2) is 0 Å².